The van der Waals surface area contributed by atoms with Gasteiger partial charge in [0.25, 0.3) is 0 Å². The first-order valence-corrected chi connectivity index (χ1v) is 7.09. The van der Waals surface area contributed by atoms with Crippen molar-refractivity contribution in [1.82, 2.24) is 5.32 Å². The largest absolute Gasteiger partial charge is 0.454 e. The van der Waals surface area contributed by atoms with E-state index in [0.717, 1.165) is 18.0 Å². The Kier molecular flexibility index (Phi) is 3.51. The molecule has 0 amide bonds. The average molecular weight is 262 g/mol. The van der Waals surface area contributed by atoms with Crippen LogP contribution in [-0.4, -0.2) is 33.0 Å². The van der Waals surface area contributed by atoms with Gasteiger partial charge in [-0.15, -0.1) is 0 Å². The molecule has 4 heteroatoms. The minimum atomic E-state index is 0.341. The van der Waals surface area contributed by atoms with Gasteiger partial charge in [0.15, 0.2) is 11.5 Å². The van der Waals surface area contributed by atoms with Crippen LogP contribution in [0.4, 0.5) is 5.69 Å². The predicted octanol–water partition coefficient (Wildman–Crippen LogP) is 2.30. The van der Waals surface area contributed by atoms with Gasteiger partial charge in [-0.05, 0) is 44.4 Å². The summed E-state index contributed by atoms with van der Waals surface area (Å²) in [6.07, 6.45) is 3.83. The fraction of sp³-hybridized carbons (Fsp3) is 0.600. The summed E-state index contributed by atoms with van der Waals surface area (Å²) in [5.74, 6) is 1.73. The van der Waals surface area contributed by atoms with Crippen LogP contribution in [0.1, 0.15) is 24.8 Å². The molecule has 1 aromatic rings. The van der Waals surface area contributed by atoms with Crippen molar-refractivity contribution in [3.8, 4) is 11.5 Å². The molecule has 1 saturated heterocycles. The number of nitrogens with zero attached hydrogens (tertiary/aromatic N) is 1. The van der Waals surface area contributed by atoms with E-state index in [0.29, 0.717) is 12.8 Å². The standard InChI is InChI=1S/C15H22N2O2/c1-11-8-14-15(19-10-18-14)9-13(11)17(2)7-5-12-4-3-6-16-12/h8-9,12,16H,3-7,10H2,1-2H3. The third-order valence-corrected chi connectivity index (χ3v) is 4.08. The summed E-state index contributed by atoms with van der Waals surface area (Å²) in [6.45, 7) is 4.71. The molecule has 1 fully saturated rings. The van der Waals surface area contributed by atoms with Crippen molar-refractivity contribution in [3.63, 3.8) is 0 Å². The summed E-state index contributed by atoms with van der Waals surface area (Å²) in [5, 5.41) is 3.55. The lowest BCUT2D eigenvalue weighted by molar-refractivity contribution is 0.174. The second kappa shape index (κ2) is 5.29. The molecule has 0 saturated carbocycles. The smallest absolute Gasteiger partial charge is 0.231 e. The predicted molar refractivity (Wildman–Crippen MR) is 76.2 cm³/mol. The SMILES string of the molecule is Cc1cc2c(cc1N(C)CCC1CCCN1)OCO2. The van der Waals surface area contributed by atoms with Crippen molar-refractivity contribution < 1.29 is 9.47 Å². The fourth-order valence-corrected chi connectivity index (χ4v) is 2.92. The third kappa shape index (κ3) is 2.63. The van der Waals surface area contributed by atoms with Gasteiger partial charge in [-0.1, -0.05) is 0 Å². The Bertz CT molecular complexity index is 456. The number of benzene rings is 1. The molecule has 104 valence electrons. The van der Waals surface area contributed by atoms with Gasteiger partial charge in [-0.2, -0.15) is 0 Å². The van der Waals surface area contributed by atoms with Gasteiger partial charge in [0.05, 0.1) is 0 Å². The van der Waals surface area contributed by atoms with Crippen LogP contribution in [-0.2, 0) is 0 Å². The van der Waals surface area contributed by atoms with Crippen molar-refractivity contribution in [3.05, 3.63) is 17.7 Å². The summed E-state index contributed by atoms with van der Waals surface area (Å²) >= 11 is 0. The van der Waals surface area contributed by atoms with Crippen LogP contribution in [0, 0.1) is 6.92 Å². The van der Waals surface area contributed by atoms with E-state index in [-0.39, 0.29) is 0 Å². The quantitative estimate of drug-likeness (QED) is 0.903. The Labute approximate surface area is 114 Å². The lowest BCUT2D eigenvalue weighted by atomic mass is 10.1. The van der Waals surface area contributed by atoms with Gasteiger partial charge in [0.1, 0.15) is 0 Å². The maximum Gasteiger partial charge on any atom is 0.231 e. The normalized spacial score (nSPS) is 20.8. The summed E-state index contributed by atoms with van der Waals surface area (Å²) < 4.78 is 10.9. The van der Waals surface area contributed by atoms with Crippen molar-refractivity contribution in [2.45, 2.75) is 32.2 Å². The molecule has 2 aliphatic heterocycles. The molecule has 3 rings (SSSR count). The summed E-state index contributed by atoms with van der Waals surface area (Å²) in [7, 11) is 2.15. The molecule has 1 unspecified atom stereocenters. The highest BCUT2D eigenvalue weighted by Gasteiger charge is 2.19. The van der Waals surface area contributed by atoms with Gasteiger partial charge in [0.2, 0.25) is 6.79 Å². The Morgan fingerprint density at radius 2 is 2.11 bits per heavy atom. The van der Waals surface area contributed by atoms with E-state index < -0.39 is 0 Å². The highest BCUT2D eigenvalue weighted by molar-refractivity contribution is 5.61. The van der Waals surface area contributed by atoms with E-state index >= 15 is 0 Å². The summed E-state index contributed by atoms with van der Waals surface area (Å²) in [5.41, 5.74) is 2.48. The topological polar surface area (TPSA) is 33.7 Å². The Balaban J connectivity index is 1.67. The number of anilines is 1. The molecular weight excluding hydrogens is 240 g/mol. The molecular formula is C15H22N2O2. The van der Waals surface area contributed by atoms with Crippen LogP contribution in [0.15, 0.2) is 12.1 Å². The molecule has 1 atom stereocenters. The van der Waals surface area contributed by atoms with Crippen LogP contribution in [0.3, 0.4) is 0 Å². The maximum absolute atomic E-state index is 5.46. The summed E-state index contributed by atoms with van der Waals surface area (Å²) in [6, 6.07) is 4.86. The van der Waals surface area contributed by atoms with Gasteiger partial charge in [-0.25, -0.2) is 0 Å². The molecule has 1 N–H and O–H groups in total. The number of nitrogens with one attached hydrogen (secondary N) is 1. The highest BCUT2D eigenvalue weighted by atomic mass is 16.7. The van der Waals surface area contributed by atoms with E-state index in [1.165, 1.54) is 37.1 Å². The lowest BCUT2D eigenvalue weighted by Gasteiger charge is -2.23. The molecule has 0 spiro atoms. The van der Waals surface area contributed by atoms with Crippen LogP contribution < -0.4 is 19.7 Å². The molecule has 2 aliphatic rings. The van der Waals surface area contributed by atoms with E-state index in [1.54, 1.807) is 0 Å². The molecule has 2 heterocycles. The molecule has 0 aromatic heterocycles. The van der Waals surface area contributed by atoms with Crippen molar-refractivity contribution >= 4 is 5.69 Å². The first-order valence-electron chi connectivity index (χ1n) is 7.09. The second-order valence-electron chi connectivity index (χ2n) is 5.50. The number of fused-ring (bicyclic) bond motifs is 1. The lowest BCUT2D eigenvalue weighted by Crippen LogP contribution is -2.28. The molecule has 0 radical (unpaired) electrons. The van der Waals surface area contributed by atoms with E-state index in [2.05, 4.69) is 36.3 Å². The molecule has 0 bridgehead atoms. The van der Waals surface area contributed by atoms with Gasteiger partial charge in [-0.3, -0.25) is 0 Å². The van der Waals surface area contributed by atoms with E-state index in [4.69, 9.17) is 9.47 Å². The third-order valence-electron chi connectivity index (χ3n) is 4.08. The number of ether oxygens (including phenoxy) is 2. The van der Waals surface area contributed by atoms with E-state index in [1.807, 2.05) is 0 Å². The van der Waals surface area contributed by atoms with Gasteiger partial charge in [0, 0.05) is 31.4 Å². The number of aryl methyl sites for hydroxylation is 1. The van der Waals surface area contributed by atoms with Crippen LogP contribution in [0.2, 0.25) is 0 Å². The number of hydrogen-bond acceptors (Lipinski definition) is 4. The Hall–Kier alpha value is -1.42. The Morgan fingerprint density at radius 3 is 2.84 bits per heavy atom. The second-order valence-corrected chi connectivity index (χ2v) is 5.50. The van der Waals surface area contributed by atoms with Crippen molar-refractivity contribution in [2.75, 3.05) is 31.8 Å². The van der Waals surface area contributed by atoms with Crippen molar-refractivity contribution in [1.29, 1.82) is 0 Å². The van der Waals surface area contributed by atoms with E-state index in [9.17, 15) is 0 Å². The minimum absolute atomic E-state index is 0.341. The maximum atomic E-state index is 5.46. The number of hydrogen-bond donors (Lipinski definition) is 1. The molecule has 0 aliphatic carbocycles. The van der Waals surface area contributed by atoms with Crippen molar-refractivity contribution in [2.24, 2.45) is 0 Å². The monoisotopic (exact) mass is 262 g/mol. The minimum Gasteiger partial charge on any atom is -0.454 e. The molecule has 4 nitrogen and oxygen atoms in total. The zero-order valence-electron chi connectivity index (χ0n) is 11.7. The molecule has 19 heavy (non-hydrogen) atoms. The first kappa shape index (κ1) is 12.6. The van der Waals surface area contributed by atoms with Gasteiger partial charge >= 0.3 is 0 Å². The van der Waals surface area contributed by atoms with Gasteiger partial charge < -0.3 is 19.7 Å². The van der Waals surface area contributed by atoms with Crippen LogP contribution in [0.25, 0.3) is 0 Å². The Morgan fingerprint density at radius 1 is 1.32 bits per heavy atom. The molecule has 1 aromatic carbocycles. The zero-order chi connectivity index (χ0) is 13.2. The summed E-state index contributed by atoms with van der Waals surface area (Å²) in [4.78, 5) is 2.32. The zero-order valence-corrected chi connectivity index (χ0v) is 11.7. The first-order chi connectivity index (χ1) is 9.24. The van der Waals surface area contributed by atoms with Crippen LogP contribution >= 0.6 is 0 Å². The highest BCUT2D eigenvalue weighted by Crippen LogP contribution is 2.37. The average Bonchev–Trinajstić information content (AvgIpc) is 3.05. The van der Waals surface area contributed by atoms with Crippen LogP contribution in [0.5, 0.6) is 11.5 Å². The number of rotatable bonds is 4. The fourth-order valence-electron chi connectivity index (χ4n) is 2.92.